The first-order chi connectivity index (χ1) is 22.2. The number of piperidine rings is 1. The Kier molecular flexibility index (Phi) is 7.94. The molecule has 0 spiro atoms. The summed E-state index contributed by atoms with van der Waals surface area (Å²) in [5.41, 5.74) is 10.9. The topological polar surface area (TPSA) is 117 Å². The molecular formula is C35H41N11. The third-order valence-electron chi connectivity index (χ3n) is 9.34. The molecule has 6 aromatic heterocycles. The van der Waals surface area contributed by atoms with Crippen molar-refractivity contribution in [1.29, 1.82) is 0 Å². The second-order valence-corrected chi connectivity index (χ2v) is 12.8. The van der Waals surface area contributed by atoms with Crippen molar-refractivity contribution in [2.45, 2.75) is 79.4 Å². The second-order valence-electron chi connectivity index (χ2n) is 12.8. The van der Waals surface area contributed by atoms with Crippen LogP contribution < -0.4 is 4.90 Å². The zero-order valence-corrected chi connectivity index (χ0v) is 27.5. The van der Waals surface area contributed by atoms with Crippen molar-refractivity contribution in [1.82, 2.24) is 49.4 Å². The van der Waals surface area contributed by atoms with Crippen LogP contribution in [-0.4, -0.2) is 68.5 Å². The summed E-state index contributed by atoms with van der Waals surface area (Å²) in [4.78, 5) is 36.5. The van der Waals surface area contributed by atoms with Crippen LogP contribution >= 0.6 is 0 Å². The fourth-order valence-corrected chi connectivity index (χ4v) is 6.86. The van der Waals surface area contributed by atoms with Gasteiger partial charge in [-0.3, -0.25) is 4.90 Å². The Morgan fingerprint density at radius 1 is 0.848 bits per heavy atom. The van der Waals surface area contributed by atoms with Gasteiger partial charge in [-0.25, -0.2) is 34.4 Å². The van der Waals surface area contributed by atoms with E-state index in [-0.39, 0.29) is 5.92 Å². The number of aryl methyl sites for hydroxylation is 3. The summed E-state index contributed by atoms with van der Waals surface area (Å²) >= 11 is 0. The van der Waals surface area contributed by atoms with E-state index < -0.39 is 0 Å². The molecule has 0 bridgehead atoms. The van der Waals surface area contributed by atoms with E-state index in [1.807, 2.05) is 42.9 Å². The lowest BCUT2D eigenvalue weighted by atomic mass is 9.95. The van der Waals surface area contributed by atoms with Crippen LogP contribution in [0.15, 0.2) is 49.2 Å². The number of pyridine rings is 2. The fourth-order valence-electron chi connectivity index (χ4n) is 6.86. The predicted molar refractivity (Wildman–Crippen MR) is 180 cm³/mol. The van der Waals surface area contributed by atoms with E-state index in [4.69, 9.17) is 15.0 Å². The smallest absolute Gasteiger partial charge is 0.158 e. The number of rotatable bonds is 8. The third-order valence-corrected chi connectivity index (χ3v) is 9.34. The van der Waals surface area contributed by atoms with E-state index in [0.29, 0.717) is 6.04 Å². The van der Waals surface area contributed by atoms with E-state index in [2.05, 4.69) is 80.9 Å². The average molecular weight is 616 g/mol. The highest BCUT2D eigenvalue weighted by Gasteiger charge is 2.28. The minimum absolute atomic E-state index is 0.285. The maximum absolute atomic E-state index is 5.31. The highest BCUT2D eigenvalue weighted by atomic mass is 15.3. The van der Waals surface area contributed by atoms with Gasteiger partial charge in [-0.1, -0.05) is 13.8 Å². The van der Waals surface area contributed by atoms with Gasteiger partial charge in [0, 0.05) is 61.9 Å². The van der Waals surface area contributed by atoms with Gasteiger partial charge >= 0.3 is 0 Å². The average Bonchev–Trinajstić information content (AvgIpc) is 3.67. The molecule has 1 aliphatic rings. The minimum atomic E-state index is 0.285. The van der Waals surface area contributed by atoms with Crippen LogP contribution in [0, 0.1) is 27.7 Å². The molecule has 11 heteroatoms. The molecule has 7 rings (SSSR count). The van der Waals surface area contributed by atoms with Crippen molar-refractivity contribution >= 4 is 22.5 Å². The molecule has 1 aliphatic heterocycles. The quantitative estimate of drug-likeness (QED) is 0.224. The Labute approximate surface area is 269 Å². The number of hydrogen-bond acceptors (Lipinski definition) is 9. The van der Waals surface area contributed by atoms with Crippen molar-refractivity contribution in [3.05, 3.63) is 88.9 Å². The minimum Gasteiger partial charge on any atom is -0.356 e. The van der Waals surface area contributed by atoms with E-state index in [0.717, 1.165) is 101 Å². The van der Waals surface area contributed by atoms with Gasteiger partial charge in [0.15, 0.2) is 5.65 Å². The second kappa shape index (κ2) is 12.2. The molecule has 6 aromatic rings. The van der Waals surface area contributed by atoms with Gasteiger partial charge in [-0.05, 0) is 81.8 Å². The van der Waals surface area contributed by atoms with Gasteiger partial charge in [-0.2, -0.15) is 5.10 Å². The largest absolute Gasteiger partial charge is 0.356 e. The van der Waals surface area contributed by atoms with Crippen LogP contribution in [0.25, 0.3) is 27.9 Å². The summed E-state index contributed by atoms with van der Waals surface area (Å²) in [6, 6.07) is 8.79. The zero-order valence-electron chi connectivity index (χ0n) is 27.5. The molecule has 0 radical (unpaired) electrons. The van der Waals surface area contributed by atoms with Crippen molar-refractivity contribution in [3.63, 3.8) is 0 Å². The number of hydrogen-bond donors (Lipinski definition) is 1. The molecule has 236 valence electrons. The molecule has 46 heavy (non-hydrogen) atoms. The first kappa shape index (κ1) is 29.9. The number of aromatic amines is 1. The third kappa shape index (κ3) is 5.71. The Hall–Kier alpha value is -4.77. The number of aromatic nitrogens is 9. The van der Waals surface area contributed by atoms with Crippen LogP contribution in [0.3, 0.4) is 0 Å². The summed E-state index contributed by atoms with van der Waals surface area (Å²) in [6.07, 6.45) is 9.46. The number of fused-ring (bicyclic) bond motifs is 2. The first-order valence-electron chi connectivity index (χ1n) is 16.1. The number of anilines is 1. The zero-order chi connectivity index (χ0) is 31.9. The number of H-pyrrole nitrogens is 1. The maximum Gasteiger partial charge on any atom is 0.158 e. The molecule has 1 fully saturated rings. The van der Waals surface area contributed by atoms with Crippen LogP contribution in [0.5, 0.6) is 0 Å². The van der Waals surface area contributed by atoms with E-state index in [1.54, 1.807) is 6.33 Å². The number of nitrogens with one attached hydrogen (secondary N) is 1. The van der Waals surface area contributed by atoms with Crippen LogP contribution in [0.4, 0.5) is 5.82 Å². The van der Waals surface area contributed by atoms with E-state index in [1.165, 1.54) is 11.1 Å². The lowest BCUT2D eigenvalue weighted by Crippen LogP contribution is -2.45. The highest BCUT2D eigenvalue weighted by molar-refractivity contribution is 5.90. The van der Waals surface area contributed by atoms with Gasteiger partial charge in [0.1, 0.15) is 23.8 Å². The summed E-state index contributed by atoms with van der Waals surface area (Å²) in [7, 11) is 0. The van der Waals surface area contributed by atoms with Gasteiger partial charge in [0.25, 0.3) is 0 Å². The van der Waals surface area contributed by atoms with Crippen molar-refractivity contribution in [3.8, 4) is 11.3 Å². The Morgan fingerprint density at radius 2 is 1.52 bits per heavy atom. The summed E-state index contributed by atoms with van der Waals surface area (Å²) in [6.45, 7) is 16.0. The molecule has 0 amide bonds. The molecular weight excluding hydrogens is 574 g/mol. The van der Waals surface area contributed by atoms with Gasteiger partial charge in [0.2, 0.25) is 0 Å². The molecule has 1 N–H and O–H groups in total. The van der Waals surface area contributed by atoms with Crippen LogP contribution in [0.1, 0.15) is 72.3 Å². The number of nitrogens with zero attached hydrogens (tertiary/aromatic N) is 10. The molecule has 0 atom stereocenters. The van der Waals surface area contributed by atoms with Gasteiger partial charge in [0.05, 0.1) is 28.1 Å². The predicted octanol–water partition coefficient (Wildman–Crippen LogP) is 5.88. The van der Waals surface area contributed by atoms with Crippen LogP contribution in [-0.2, 0) is 13.1 Å². The monoisotopic (exact) mass is 615 g/mol. The fraction of sp³-hybridized carbons (Fsp3) is 0.400. The summed E-state index contributed by atoms with van der Waals surface area (Å²) in [5.74, 6) is 2.91. The molecule has 1 saturated heterocycles. The van der Waals surface area contributed by atoms with Gasteiger partial charge in [-0.15, -0.1) is 0 Å². The van der Waals surface area contributed by atoms with Crippen molar-refractivity contribution < 1.29 is 0 Å². The summed E-state index contributed by atoms with van der Waals surface area (Å²) in [5, 5.41) is 4.44. The molecule has 0 saturated carbocycles. The van der Waals surface area contributed by atoms with Crippen molar-refractivity contribution in [2.24, 2.45) is 0 Å². The summed E-state index contributed by atoms with van der Waals surface area (Å²) < 4.78 is 1.87. The standard InChI is InChI=1S/C35H41N11/c1-21(2)32-33(29-19-46-35(38-20-39-46)23(4)22(29)3)42-30-7-8-31(43-34(30)32)44-15-11-28(12-16-44)45(17-26-9-13-36-24(5)40-26)18-27-10-14-37-25(6)41-27/h7-10,13-14,19-21,28,42H,11-12,15-18H2,1-6H3. The van der Waals surface area contributed by atoms with E-state index >= 15 is 0 Å². The van der Waals surface area contributed by atoms with Gasteiger partial charge < -0.3 is 9.88 Å². The lowest BCUT2D eigenvalue weighted by molar-refractivity contribution is 0.148. The lowest BCUT2D eigenvalue weighted by Gasteiger charge is -2.39. The van der Waals surface area contributed by atoms with Crippen molar-refractivity contribution in [2.75, 3.05) is 18.0 Å². The first-order valence-corrected chi connectivity index (χ1v) is 16.1. The molecule has 11 nitrogen and oxygen atoms in total. The molecule has 0 unspecified atom stereocenters. The Bertz CT molecular complexity index is 1970. The molecule has 0 aliphatic carbocycles. The molecule has 7 heterocycles. The van der Waals surface area contributed by atoms with E-state index in [9.17, 15) is 0 Å². The SMILES string of the molecule is Cc1nccc(CN(Cc2ccnc(C)n2)C2CCN(c3ccc4[nH]c(-c5cn6ncnc6c(C)c5C)c(C(C)C)c4n3)CC2)n1. The normalized spacial score (nSPS) is 14.4. The Morgan fingerprint density at radius 3 is 2.15 bits per heavy atom. The van der Waals surface area contributed by atoms with Crippen LogP contribution in [0.2, 0.25) is 0 Å². The highest BCUT2D eigenvalue weighted by Crippen LogP contribution is 2.38. The Balaban J connectivity index is 1.15. The molecule has 0 aromatic carbocycles. The maximum atomic E-state index is 5.31.